The van der Waals surface area contributed by atoms with Crippen LogP contribution in [-0.4, -0.2) is 6.61 Å². The zero-order valence-corrected chi connectivity index (χ0v) is 19.7. The number of benzene rings is 3. The summed E-state index contributed by atoms with van der Waals surface area (Å²) in [5.74, 6) is 1.59. The molecule has 0 amide bonds. The largest absolute Gasteiger partial charge is 0.490 e. The van der Waals surface area contributed by atoms with Gasteiger partial charge in [0.15, 0.2) is 11.5 Å². The lowest BCUT2D eigenvalue weighted by Gasteiger charge is -2.16. The van der Waals surface area contributed by atoms with Crippen LogP contribution >= 0.6 is 38.5 Å². The number of ether oxygens (including phenoxy) is 2. The van der Waals surface area contributed by atoms with Gasteiger partial charge in [-0.2, -0.15) is 0 Å². The van der Waals surface area contributed by atoms with Gasteiger partial charge in [-0.05, 0) is 84.0 Å². The first-order chi connectivity index (χ1) is 13.5. The lowest BCUT2D eigenvalue weighted by atomic mass is 10.1. The third-order valence-corrected chi connectivity index (χ3v) is 5.54. The van der Waals surface area contributed by atoms with Crippen LogP contribution in [0.15, 0.2) is 65.1 Å². The Balaban J connectivity index is 1.73. The number of hydrogen-bond acceptors (Lipinski definition) is 3. The Morgan fingerprint density at radius 2 is 1.64 bits per heavy atom. The monoisotopic (exact) mass is 551 g/mol. The Morgan fingerprint density at radius 1 is 0.929 bits per heavy atom. The molecule has 0 saturated carbocycles. The van der Waals surface area contributed by atoms with Crippen molar-refractivity contribution in [3.8, 4) is 11.5 Å². The molecule has 3 aromatic carbocycles. The first-order valence-electron chi connectivity index (χ1n) is 9.18. The van der Waals surface area contributed by atoms with Crippen molar-refractivity contribution in [2.45, 2.75) is 27.0 Å². The van der Waals surface area contributed by atoms with Gasteiger partial charge in [0, 0.05) is 16.7 Å². The second-order valence-corrected chi connectivity index (χ2v) is 8.55. The second-order valence-electron chi connectivity index (χ2n) is 6.47. The molecule has 5 heteroatoms. The highest BCUT2D eigenvalue weighted by Crippen LogP contribution is 2.35. The minimum Gasteiger partial charge on any atom is -0.490 e. The molecule has 0 unspecified atom stereocenters. The van der Waals surface area contributed by atoms with E-state index in [1.54, 1.807) is 0 Å². The molecule has 3 aromatic rings. The van der Waals surface area contributed by atoms with Crippen molar-refractivity contribution < 1.29 is 9.47 Å². The standard InChI is InChI=1S/C23H23BrINO2/c1-3-27-22-13-18(14-26-20-10-8-19(24)9-11-20)12-21(25)23(22)28-15-17-6-4-16(2)5-7-17/h4-13,26H,3,14-15H2,1-2H3. The van der Waals surface area contributed by atoms with Gasteiger partial charge in [-0.25, -0.2) is 0 Å². The predicted molar refractivity (Wildman–Crippen MR) is 127 cm³/mol. The topological polar surface area (TPSA) is 30.5 Å². The maximum absolute atomic E-state index is 6.12. The summed E-state index contributed by atoms with van der Waals surface area (Å²) in [7, 11) is 0. The molecule has 28 heavy (non-hydrogen) atoms. The van der Waals surface area contributed by atoms with Crippen molar-refractivity contribution in [2.24, 2.45) is 0 Å². The van der Waals surface area contributed by atoms with Crippen molar-refractivity contribution in [2.75, 3.05) is 11.9 Å². The van der Waals surface area contributed by atoms with Crippen molar-refractivity contribution in [1.82, 2.24) is 0 Å². The van der Waals surface area contributed by atoms with Gasteiger partial charge >= 0.3 is 0 Å². The van der Waals surface area contributed by atoms with E-state index in [0.717, 1.165) is 42.9 Å². The Bertz CT molecular complexity index is 911. The molecule has 0 aliphatic rings. The summed E-state index contributed by atoms with van der Waals surface area (Å²) in [4.78, 5) is 0. The molecule has 0 aliphatic carbocycles. The zero-order chi connectivity index (χ0) is 19.9. The van der Waals surface area contributed by atoms with Gasteiger partial charge in [-0.15, -0.1) is 0 Å². The molecule has 0 fully saturated rings. The molecule has 0 aliphatic heterocycles. The number of anilines is 1. The SMILES string of the molecule is CCOc1cc(CNc2ccc(Br)cc2)cc(I)c1OCc1ccc(C)cc1. The Hall–Kier alpha value is -1.73. The van der Waals surface area contributed by atoms with Gasteiger partial charge in [-0.1, -0.05) is 45.8 Å². The summed E-state index contributed by atoms with van der Waals surface area (Å²) < 4.78 is 14.1. The van der Waals surface area contributed by atoms with Crippen LogP contribution in [0.4, 0.5) is 5.69 Å². The summed E-state index contributed by atoms with van der Waals surface area (Å²) in [5.41, 5.74) is 4.62. The van der Waals surface area contributed by atoms with Crippen LogP contribution < -0.4 is 14.8 Å². The molecule has 0 radical (unpaired) electrons. The lowest BCUT2D eigenvalue weighted by molar-refractivity contribution is 0.267. The molecule has 3 nitrogen and oxygen atoms in total. The third kappa shape index (κ3) is 5.88. The van der Waals surface area contributed by atoms with E-state index in [-0.39, 0.29) is 0 Å². The number of rotatable bonds is 8. The average Bonchev–Trinajstić information content (AvgIpc) is 2.68. The van der Waals surface area contributed by atoms with Gasteiger partial charge in [-0.3, -0.25) is 0 Å². The van der Waals surface area contributed by atoms with Crippen LogP contribution in [0.2, 0.25) is 0 Å². The van der Waals surface area contributed by atoms with E-state index in [1.807, 2.05) is 19.1 Å². The Labute approximate surface area is 188 Å². The molecular formula is C23H23BrINO2. The van der Waals surface area contributed by atoms with Gasteiger partial charge in [0.1, 0.15) is 6.61 Å². The maximum atomic E-state index is 6.12. The van der Waals surface area contributed by atoms with Gasteiger partial charge in [0.25, 0.3) is 0 Å². The Morgan fingerprint density at radius 3 is 2.32 bits per heavy atom. The predicted octanol–water partition coefficient (Wildman–Crippen LogP) is 6.95. The van der Waals surface area contributed by atoms with Crippen molar-refractivity contribution in [3.05, 3.63) is 85.4 Å². The molecule has 3 rings (SSSR count). The smallest absolute Gasteiger partial charge is 0.174 e. The van der Waals surface area contributed by atoms with E-state index in [2.05, 4.69) is 99.3 Å². The first-order valence-corrected chi connectivity index (χ1v) is 11.1. The highest BCUT2D eigenvalue weighted by Gasteiger charge is 2.13. The maximum Gasteiger partial charge on any atom is 0.174 e. The molecule has 0 bridgehead atoms. The van der Waals surface area contributed by atoms with E-state index < -0.39 is 0 Å². The van der Waals surface area contributed by atoms with Crippen LogP contribution in [-0.2, 0) is 13.2 Å². The van der Waals surface area contributed by atoms with E-state index >= 15 is 0 Å². The normalized spacial score (nSPS) is 10.6. The highest BCUT2D eigenvalue weighted by atomic mass is 127. The lowest BCUT2D eigenvalue weighted by Crippen LogP contribution is -2.05. The number of aryl methyl sites for hydroxylation is 1. The minimum atomic E-state index is 0.521. The summed E-state index contributed by atoms with van der Waals surface area (Å²) >= 11 is 5.78. The molecule has 0 aromatic heterocycles. The third-order valence-electron chi connectivity index (χ3n) is 4.21. The molecule has 0 atom stereocenters. The molecule has 1 N–H and O–H groups in total. The second kappa shape index (κ2) is 10.2. The van der Waals surface area contributed by atoms with Gasteiger partial charge in [0.05, 0.1) is 10.2 Å². The summed E-state index contributed by atoms with van der Waals surface area (Å²) in [6.07, 6.45) is 0. The fraction of sp³-hybridized carbons (Fsp3) is 0.217. The van der Waals surface area contributed by atoms with E-state index in [4.69, 9.17) is 9.47 Å². The number of halogens is 2. The summed E-state index contributed by atoms with van der Waals surface area (Å²) in [6.45, 7) is 5.91. The molecular weight excluding hydrogens is 529 g/mol. The Kier molecular flexibility index (Phi) is 7.62. The van der Waals surface area contributed by atoms with Crippen molar-refractivity contribution >= 4 is 44.2 Å². The van der Waals surface area contributed by atoms with Crippen LogP contribution in [0, 0.1) is 10.5 Å². The van der Waals surface area contributed by atoms with Crippen molar-refractivity contribution in [3.63, 3.8) is 0 Å². The van der Waals surface area contributed by atoms with Crippen LogP contribution in [0.1, 0.15) is 23.6 Å². The van der Waals surface area contributed by atoms with Gasteiger partial charge < -0.3 is 14.8 Å². The first kappa shape index (κ1) is 21.0. The fourth-order valence-corrected chi connectivity index (χ4v) is 3.82. The van der Waals surface area contributed by atoms with E-state index in [9.17, 15) is 0 Å². The van der Waals surface area contributed by atoms with E-state index in [1.165, 1.54) is 5.56 Å². The number of nitrogens with one attached hydrogen (secondary N) is 1. The average molecular weight is 552 g/mol. The number of hydrogen-bond donors (Lipinski definition) is 1. The zero-order valence-electron chi connectivity index (χ0n) is 16.0. The van der Waals surface area contributed by atoms with Gasteiger partial charge in [0.2, 0.25) is 0 Å². The summed E-state index contributed by atoms with van der Waals surface area (Å²) in [6, 6.07) is 20.8. The van der Waals surface area contributed by atoms with Crippen LogP contribution in [0.3, 0.4) is 0 Å². The molecule has 0 spiro atoms. The quantitative estimate of drug-likeness (QED) is 0.307. The molecule has 0 saturated heterocycles. The minimum absolute atomic E-state index is 0.521. The summed E-state index contributed by atoms with van der Waals surface area (Å²) in [5, 5.41) is 3.45. The highest BCUT2D eigenvalue weighted by molar-refractivity contribution is 14.1. The van der Waals surface area contributed by atoms with Crippen LogP contribution in [0.25, 0.3) is 0 Å². The molecule has 0 heterocycles. The van der Waals surface area contributed by atoms with Crippen molar-refractivity contribution in [1.29, 1.82) is 0 Å². The van der Waals surface area contributed by atoms with E-state index in [0.29, 0.717) is 13.2 Å². The molecule has 146 valence electrons. The van der Waals surface area contributed by atoms with Crippen LogP contribution in [0.5, 0.6) is 11.5 Å². The fourth-order valence-electron chi connectivity index (χ4n) is 2.74.